The van der Waals surface area contributed by atoms with Crippen molar-refractivity contribution < 1.29 is 14.4 Å². The third-order valence-electron chi connectivity index (χ3n) is 3.56. The third-order valence-corrected chi connectivity index (χ3v) is 3.56. The Morgan fingerprint density at radius 2 is 2.00 bits per heavy atom. The van der Waals surface area contributed by atoms with E-state index in [-0.39, 0.29) is 24.3 Å². The van der Waals surface area contributed by atoms with Gasteiger partial charge in [0.2, 0.25) is 11.8 Å². The first-order chi connectivity index (χ1) is 10.0. The van der Waals surface area contributed by atoms with E-state index in [2.05, 4.69) is 5.32 Å². The Morgan fingerprint density at radius 3 is 2.67 bits per heavy atom. The lowest BCUT2D eigenvalue weighted by molar-refractivity contribution is -0.142. The maximum absolute atomic E-state index is 12.3. The molecule has 112 valence electrons. The molecule has 1 aliphatic rings. The van der Waals surface area contributed by atoms with Crippen molar-refractivity contribution in [1.29, 1.82) is 0 Å². The molecule has 1 unspecified atom stereocenters. The lowest BCUT2D eigenvalue weighted by Gasteiger charge is -2.33. The van der Waals surface area contributed by atoms with Crippen LogP contribution in [-0.2, 0) is 9.59 Å². The lowest BCUT2D eigenvalue weighted by atomic mass is 10.2. The monoisotopic (exact) mass is 289 g/mol. The summed E-state index contributed by atoms with van der Waals surface area (Å²) in [5.41, 5.74) is 0.539. The van der Waals surface area contributed by atoms with E-state index in [1.165, 1.54) is 9.80 Å². The van der Waals surface area contributed by atoms with Gasteiger partial charge in [-0.1, -0.05) is 18.2 Å². The van der Waals surface area contributed by atoms with Crippen molar-refractivity contribution in [3.8, 4) is 0 Å². The highest BCUT2D eigenvalue weighted by molar-refractivity contribution is 5.97. The number of hydrogen-bond acceptors (Lipinski definition) is 3. The number of piperazine rings is 1. The largest absolute Gasteiger partial charge is 0.353 e. The summed E-state index contributed by atoms with van der Waals surface area (Å²) in [5.74, 6) is -0.589. The number of nitrogens with zero attached hydrogens (tertiary/aromatic N) is 2. The number of nitrogens with one attached hydrogen (secondary N) is 1. The van der Waals surface area contributed by atoms with Gasteiger partial charge in [0.15, 0.2) is 0 Å². The van der Waals surface area contributed by atoms with Crippen LogP contribution in [0, 0.1) is 0 Å². The summed E-state index contributed by atoms with van der Waals surface area (Å²) >= 11 is 0. The summed E-state index contributed by atoms with van der Waals surface area (Å²) in [4.78, 5) is 38.9. The molecule has 1 aromatic rings. The minimum absolute atomic E-state index is 0.0364. The molecule has 0 spiro atoms. The number of carbonyl (C=O) groups is 3. The fraction of sp³-hybridized carbons (Fsp3) is 0.400. The molecule has 0 bridgehead atoms. The second-order valence-corrected chi connectivity index (χ2v) is 5.08. The summed E-state index contributed by atoms with van der Waals surface area (Å²) in [7, 11) is 1.59. The number of carbonyl (C=O) groups excluding carboxylic acids is 3. The Kier molecular flexibility index (Phi) is 4.57. The number of rotatable bonds is 3. The van der Waals surface area contributed by atoms with E-state index in [4.69, 9.17) is 0 Å². The van der Waals surface area contributed by atoms with Gasteiger partial charge in [-0.05, 0) is 19.1 Å². The molecule has 1 heterocycles. The molecule has 1 N–H and O–H groups in total. The van der Waals surface area contributed by atoms with E-state index in [1.807, 2.05) is 6.07 Å². The second-order valence-electron chi connectivity index (χ2n) is 5.08. The molecule has 3 amide bonds. The normalized spacial score (nSPS) is 18.1. The van der Waals surface area contributed by atoms with E-state index in [9.17, 15) is 14.4 Å². The molecule has 6 heteroatoms. The standard InChI is InChI=1S/C15H19N3O3/c1-11-14(20)16-8-9-18(11)13(19)10-17(2)15(21)12-6-4-3-5-7-12/h3-7,11H,8-10H2,1-2H3,(H,16,20). The summed E-state index contributed by atoms with van der Waals surface area (Å²) in [6.45, 7) is 2.57. The van der Waals surface area contributed by atoms with E-state index in [1.54, 1.807) is 38.2 Å². The molecule has 0 aromatic heterocycles. The Balaban J connectivity index is 1.99. The molecule has 6 nitrogen and oxygen atoms in total. The Hall–Kier alpha value is -2.37. The average molecular weight is 289 g/mol. The smallest absolute Gasteiger partial charge is 0.254 e. The van der Waals surface area contributed by atoms with E-state index in [0.29, 0.717) is 18.7 Å². The first kappa shape index (κ1) is 15.0. The molecular formula is C15H19N3O3. The van der Waals surface area contributed by atoms with Crippen molar-refractivity contribution in [2.45, 2.75) is 13.0 Å². The van der Waals surface area contributed by atoms with E-state index in [0.717, 1.165) is 0 Å². The van der Waals surface area contributed by atoms with Crippen LogP contribution >= 0.6 is 0 Å². The minimum Gasteiger partial charge on any atom is -0.353 e. The zero-order chi connectivity index (χ0) is 15.4. The molecular weight excluding hydrogens is 270 g/mol. The molecule has 1 aliphatic heterocycles. The molecule has 0 aliphatic carbocycles. The van der Waals surface area contributed by atoms with Gasteiger partial charge in [-0.3, -0.25) is 14.4 Å². The Labute approximate surface area is 123 Å². The van der Waals surface area contributed by atoms with Crippen molar-refractivity contribution in [2.24, 2.45) is 0 Å². The molecule has 2 rings (SSSR count). The minimum atomic E-state index is -0.494. The van der Waals surface area contributed by atoms with E-state index >= 15 is 0 Å². The highest BCUT2D eigenvalue weighted by Gasteiger charge is 2.30. The molecule has 21 heavy (non-hydrogen) atoms. The predicted octanol–water partition coefficient (Wildman–Crippen LogP) is 0.106. The van der Waals surface area contributed by atoms with Crippen LogP contribution < -0.4 is 5.32 Å². The topological polar surface area (TPSA) is 69.7 Å². The second kappa shape index (κ2) is 6.39. The SMILES string of the molecule is CC1C(=O)NCCN1C(=O)CN(C)C(=O)c1ccccc1. The fourth-order valence-electron chi connectivity index (χ4n) is 2.29. The van der Waals surface area contributed by atoms with Crippen molar-refractivity contribution in [3.05, 3.63) is 35.9 Å². The third kappa shape index (κ3) is 3.39. The molecule has 1 fully saturated rings. The van der Waals surface area contributed by atoms with Crippen LogP contribution in [0.2, 0.25) is 0 Å². The Bertz CT molecular complexity index is 544. The van der Waals surface area contributed by atoms with Crippen LogP contribution in [0.25, 0.3) is 0 Å². The van der Waals surface area contributed by atoms with Crippen LogP contribution in [0.5, 0.6) is 0 Å². The highest BCUT2D eigenvalue weighted by atomic mass is 16.2. The van der Waals surface area contributed by atoms with Crippen LogP contribution in [0.1, 0.15) is 17.3 Å². The van der Waals surface area contributed by atoms with Crippen molar-refractivity contribution in [3.63, 3.8) is 0 Å². The quantitative estimate of drug-likeness (QED) is 0.858. The van der Waals surface area contributed by atoms with Crippen molar-refractivity contribution >= 4 is 17.7 Å². The molecule has 1 aromatic carbocycles. The maximum Gasteiger partial charge on any atom is 0.254 e. The maximum atomic E-state index is 12.3. The van der Waals surface area contributed by atoms with Gasteiger partial charge in [-0.2, -0.15) is 0 Å². The number of benzene rings is 1. The first-order valence-electron chi connectivity index (χ1n) is 6.88. The molecule has 1 saturated heterocycles. The van der Waals surface area contributed by atoms with Crippen LogP contribution in [0.15, 0.2) is 30.3 Å². The predicted molar refractivity (Wildman–Crippen MR) is 77.6 cm³/mol. The van der Waals surface area contributed by atoms with Gasteiger partial charge < -0.3 is 15.1 Å². The van der Waals surface area contributed by atoms with Crippen molar-refractivity contribution in [2.75, 3.05) is 26.7 Å². The molecule has 1 atom stereocenters. The van der Waals surface area contributed by atoms with Gasteiger partial charge in [0.05, 0.1) is 6.54 Å². The summed E-state index contributed by atoms with van der Waals surface area (Å²) in [6, 6.07) is 8.31. The molecule has 0 saturated carbocycles. The number of amides is 3. The van der Waals surface area contributed by atoms with E-state index < -0.39 is 6.04 Å². The summed E-state index contributed by atoms with van der Waals surface area (Å²) in [6.07, 6.45) is 0. The number of likely N-dealkylation sites (N-methyl/N-ethyl adjacent to an activating group) is 1. The van der Waals surface area contributed by atoms with Gasteiger partial charge in [0, 0.05) is 25.7 Å². The van der Waals surface area contributed by atoms with Gasteiger partial charge in [0.1, 0.15) is 6.04 Å². The van der Waals surface area contributed by atoms with Gasteiger partial charge in [0.25, 0.3) is 5.91 Å². The fourth-order valence-corrected chi connectivity index (χ4v) is 2.29. The zero-order valence-electron chi connectivity index (χ0n) is 12.2. The van der Waals surface area contributed by atoms with Crippen LogP contribution in [0.4, 0.5) is 0 Å². The van der Waals surface area contributed by atoms with Crippen LogP contribution in [0.3, 0.4) is 0 Å². The Morgan fingerprint density at radius 1 is 1.33 bits per heavy atom. The lowest BCUT2D eigenvalue weighted by Crippen LogP contribution is -2.57. The average Bonchev–Trinajstić information content (AvgIpc) is 2.50. The van der Waals surface area contributed by atoms with Gasteiger partial charge in [-0.15, -0.1) is 0 Å². The van der Waals surface area contributed by atoms with Crippen LogP contribution in [-0.4, -0.2) is 60.2 Å². The number of hydrogen-bond donors (Lipinski definition) is 1. The summed E-state index contributed by atoms with van der Waals surface area (Å²) < 4.78 is 0. The van der Waals surface area contributed by atoms with Gasteiger partial charge in [-0.25, -0.2) is 0 Å². The first-order valence-corrected chi connectivity index (χ1v) is 6.88. The van der Waals surface area contributed by atoms with Crippen molar-refractivity contribution in [1.82, 2.24) is 15.1 Å². The van der Waals surface area contributed by atoms with Gasteiger partial charge >= 0.3 is 0 Å². The zero-order valence-corrected chi connectivity index (χ0v) is 12.2. The molecule has 0 radical (unpaired) electrons. The highest BCUT2D eigenvalue weighted by Crippen LogP contribution is 2.07. The summed E-state index contributed by atoms with van der Waals surface area (Å²) in [5, 5.41) is 2.71.